The molecule has 1 N–H and O–H groups in total. The van der Waals surface area contributed by atoms with Crippen molar-refractivity contribution < 1.29 is 22.7 Å². The molecule has 0 saturated carbocycles. The molecule has 0 unspecified atom stereocenters. The van der Waals surface area contributed by atoms with Crippen LogP contribution >= 0.6 is 11.3 Å². The maximum absolute atomic E-state index is 12.3. The van der Waals surface area contributed by atoms with Crippen LogP contribution in [0.2, 0.25) is 0 Å². The summed E-state index contributed by atoms with van der Waals surface area (Å²) in [7, 11) is -3.43. The smallest absolute Gasteiger partial charge is 0.308 e. The number of aryl methyl sites for hydroxylation is 1. The highest BCUT2D eigenvalue weighted by atomic mass is 32.2. The number of benzene rings is 1. The van der Waals surface area contributed by atoms with Gasteiger partial charge in [-0.1, -0.05) is 11.6 Å². The van der Waals surface area contributed by atoms with Crippen molar-refractivity contribution in [2.24, 2.45) is 0 Å². The van der Waals surface area contributed by atoms with Gasteiger partial charge in [0.15, 0.2) is 20.0 Å². The van der Waals surface area contributed by atoms with E-state index in [0.717, 1.165) is 23.2 Å². The lowest BCUT2D eigenvalue weighted by atomic mass is 10.1. The molecule has 0 fully saturated rings. The normalized spacial score (nSPS) is 11.1. The summed E-state index contributed by atoms with van der Waals surface area (Å²) in [5.74, 6) is -0.962. The minimum Gasteiger partial charge on any atom is -0.426 e. The number of thiazole rings is 1. The quantitative estimate of drug-likeness (QED) is 0.666. The Morgan fingerprint density at radius 2 is 2.00 bits per heavy atom. The van der Waals surface area contributed by atoms with E-state index >= 15 is 0 Å². The van der Waals surface area contributed by atoms with Crippen LogP contribution < -0.4 is 10.1 Å². The Labute approximate surface area is 137 Å². The molecule has 1 heterocycles. The number of hydrogen-bond donors (Lipinski definition) is 1. The molecule has 0 spiro atoms. The summed E-state index contributed by atoms with van der Waals surface area (Å²) in [6.07, 6.45) is 1.03. The van der Waals surface area contributed by atoms with E-state index < -0.39 is 21.7 Å². The monoisotopic (exact) mass is 354 g/mol. The number of hydrogen-bond acceptors (Lipinski definition) is 7. The molecule has 9 heteroatoms. The summed E-state index contributed by atoms with van der Waals surface area (Å²) in [5.41, 5.74) is 0.971. The molecule has 0 aliphatic rings. The second-order valence-corrected chi connectivity index (χ2v) is 7.63. The van der Waals surface area contributed by atoms with Gasteiger partial charge >= 0.3 is 5.97 Å². The van der Waals surface area contributed by atoms with Crippen LogP contribution in [0, 0.1) is 6.92 Å². The predicted octanol–water partition coefficient (Wildman–Crippen LogP) is 2.03. The van der Waals surface area contributed by atoms with Crippen molar-refractivity contribution in [1.29, 1.82) is 0 Å². The molecule has 0 aliphatic heterocycles. The lowest BCUT2D eigenvalue weighted by Gasteiger charge is -2.09. The molecule has 23 heavy (non-hydrogen) atoms. The van der Waals surface area contributed by atoms with Gasteiger partial charge in [-0.05, 0) is 19.1 Å². The minimum atomic E-state index is -3.43. The third kappa shape index (κ3) is 4.36. The number of rotatable bonds is 4. The second kappa shape index (κ2) is 6.47. The summed E-state index contributed by atoms with van der Waals surface area (Å²) in [5, 5.41) is 3.88. The number of nitrogens with one attached hydrogen (secondary N) is 1. The fraction of sp³-hybridized carbons (Fsp3) is 0.214. The number of sulfone groups is 1. The first-order chi connectivity index (χ1) is 10.7. The van der Waals surface area contributed by atoms with E-state index in [0.29, 0.717) is 0 Å². The molecule has 1 amide bonds. The standard InChI is InChI=1S/C14H14N2O5S2/c1-8-4-5-11(21-9(2)17)10(6-8)13(18)16-14-15-12(7-22-14)23(3,19)20/h4-7H,1-3H3,(H,15,16,18). The van der Waals surface area contributed by atoms with E-state index in [1.807, 2.05) is 0 Å². The molecule has 1 aromatic heterocycles. The molecule has 0 atom stereocenters. The van der Waals surface area contributed by atoms with Crippen molar-refractivity contribution in [2.75, 3.05) is 11.6 Å². The molecular formula is C14H14N2O5S2. The summed E-state index contributed by atoms with van der Waals surface area (Å²) in [6.45, 7) is 3.03. The van der Waals surface area contributed by atoms with E-state index in [4.69, 9.17) is 4.74 Å². The molecule has 2 rings (SSSR count). The Balaban J connectivity index is 2.28. The number of carbonyl (C=O) groups is 2. The van der Waals surface area contributed by atoms with Gasteiger partial charge in [0.25, 0.3) is 5.91 Å². The highest BCUT2D eigenvalue weighted by Gasteiger charge is 2.18. The third-order valence-corrected chi connectivity index (χ3v) is 4.59. The first-order valence-electron chi connectivity index (χ1n) is 6.43. The fourth-order valence-electron chi connectivity index (χ4n) is 1.72. The number of nitrogens with zero attached hydrogens (tertiary/aromatic N) is 1. The summed E-state index contributed by atoms with van der Waals surface area (Å²) >= 11 is 0.993. The number of ether oxygens (including phenoxy) is 1. The van der Waals surface area contributed by atoms with E-state index in [9.17, 15) is 18.0 Å². The first kappa shape index (κ1) is 17.1. The van der Waals surface area contributed by atoms with E-state index in [1.165, 1.54) is 18.4 Å². The van der Waals surface area contributed by atoms with Crippen molar-refractivity contribution in [3.05, 3.63) is 34.7 Å². The van der Waals surface area contributed by atoms with Crippen LogP contribution in [0.25, 0.3) is 0 Å². The zero-order valence-electron chi connectivity index (χ0n) is 12.6. The predicted molar refractivity (Wildman–Crippen MR) is 85.7 cm³/mol. The van der Waals surface area contributed by atoms with Gasteiger partial charge in [0.05, 0.1) is 5.56 Å². The number of esters is 1. The SMILES string of the molecule is CC(=O)Oc1ccc(C)cc1C(=O)Nc1nc(S(C)(=O)=O)cs1. The van der Waals surface area contributed by atoms with Crippen molar-refractivity contribution in [2.45, 2.75) is 18.9 Å². The molecule has 122 valence electrons. The van der Waals surface area contributed by atoms with Crippen molar-refractivity contribution in [1.82, 2.24) is 4.98 Å². The lowest BCUT2D eigenvalue weighted by Crippen LogP contribution is -2.15. The maximum atomic E-state index is 12.3. The third-order valence-electron chi connectivity index (χ3n) is 2.72. The van der Waals surface area contributed by atoms with Gasteiger partial charge in [0.1, 0.15) is 5.75 Å². The van der Waals surface area contributed by atoms with Gasteiger partial charge in [0, 0.05) is 18.6 Å². The second-order valence-electron chi connectivity index (χ2n) is 4.81. The molecule has 0 aliphatic carbocycles. The first-order valence-corrected chi connectivity index (χ1v) is 9.20. The van der Waals surface area contributed by atoms with Crippen molar-refractivity contribution >= 4 is 38.2 Å². The topological polar surface area (TPSA) is 102 Å². The lowest BCUT2D eigenvalue weighted by molar-refractivity contribution is -0.131. The Bertz CT molecular complexity index is 871. The Morgan fingerprint density at radius 1 is 1.30 bits per heavy atom. The number of amides is 1. The largest absolute Gasteiger partial charge is 0.426 e. The minimum absolute atomic E-state index is 0.109. The molecular weight excluding hydrogens is 340 g/mol. The maximum Gasteiger partial charge on any atom is 0.308 e. The van der Waals surface area contributed by atoms with E-state index in [2.05, 4.69) is 10.3 Å². The fourth-order valence-corrected chi connectivity index (χ4v) is 3.44. The van der Waals surface area contributed by atoms with Gasteiger partial charge in [0.2, 0.25) is 0 Å². The molecule has 0 saturated heterocycles. The summed E-state index contributed by atoms with van der Waals surface area (Å²) in [4.78, 5) is 27.3. The number of aromatic nitrogens is 1. The molecule has 0 radical (unpaired) electrons. The molecule has 2 aromatic rings. The average Bonchev–Trinajstić information content (AvgIpc) is 2.88. The van der Waals surface area contributed by atoms with Crippen LogP contribution in [0.1, 0.15) is 22.8 Å². The van der Waals surface area contributed by atoms with Crippen LogP contribution in [0.3, 0.4) is 0 Å². The average molecular weight is 354 g/mol. The zero-order valence-corrected chi connectivity index (χ0v) is 14.2. The van der Waals surface area contributed by atoms with Crippen molar-refractivity contribution in [3.8, 4) is 5.75 Å². The van der Waals surface area contributed by atoms with Crippen LogP contribution in [-0.2, 0) is 14.6 Å². The number of carbonyl (C=O) groups excluding carboxylic acids is 2. The van der Waals surface area contributed by atoms with Gasteiger partial charge < -0.3 is 4.74 Å². The summed E-state index contributed by atoms with van der Waals surface area (Å²) < 4.78 is 27.8. The Kier molecular flexibility index (Phi) is 4.81. The van der Waals surface area contributed by atoms with Crippen LogP contribution in [-0.4, -0.2) is 31.5 Å². The summed E-state index contributed by atoms with van der Waals surface area (Å²) in [6, 6.07) is 4.80. The van der Waals surface area contributed by atoms with Crippen LogP contribution in [0.4, 0.5) is 5.13 Å². The molecule has 1 aromatic carbocycles. The highest BCUT2D eigenvalue weighted by molar-refractivity contribution is 7.90. The zero-order chi connectivity index (χ0) is 17.2. The Morgan fingerprint density at radius 3 is 2.57 bits per heavy atom. The molecule has 0 bridgehead atoms. The molecule has 7 nitrogen and oxygen atoms in total. The number of anilines is 1. The van der Waals surface area contributed by atoms with Gasteiger partial charge in [-0.3, -0.25) is 14.9 Å². The van der Waals surface area contributed by atoms with Gasteiger partial charge in [-0.2, -0.15) is 0 Å². The van der Waals surface area contributed by atoms with Crippen LogP contribution in [0.15, 0.2) is 28.6 Å². The van der Waals surface area contributed by atoms with E-state index in [-0.39, 0.29) is 21.5 Å². The van der Waals surface area contributed by atoms with Gasteiger partial charge in [-0.25, -0.2) is 13.4 Å². The van der Waals surface area contributed by atoms with Crippen LogP contribution in [0.5, 0.6) is 5.75 Å². The van der Waals surface area contributed by atoms with E-state index in [1.54, 1.807) is 19.1 Å². The Hall–Kier alpha value is -2.26. The highest BCUT2D eigenvalue weighted by Crippen LogP contribution is 2.24. The van der Waals surface area contributed by atoms with Gasteiger partial charge in [-0.15, -0.1) is 11.3 Å². The van der Waals surface area contributed by atoms with Crippen molar-refractivity contribution in [3.63, 3.8) is 0 Å².